The number of carbonyl (C=O) groups is 3. The van der Waals surface area contributed by atoms with Crippen molar-refractivity contribution in [3.8, 4) is 0 Å². The van der Waals surface area contributed by atoms with Crippen LogP contribution in [0, 0.1) is 0 Å². The first-order chi connectivity index (χ1) is 39.6. The number of nitrogens with zero attached hydrogens (tertiary/aromatic N) is 1. The van der Waals surface area contributed by atoms with Gasteiger partial charge in [0.15, 0.2) is 12.4 Å². The summed E-state index contributed by atoms with van der Waals surface area (Å²) in [4.78, 5) is 37.4. The van der Waals surface area contributed by atoms with Crippen LogP contribution < -0.4 is 5.11 Å². The van der Waals surface area contributed by atoms with Gasteiger partial charge in [-0.05, 0) is 96.3 Å². The van der Waals surface area contributed by atoms with Gasteiger partial charge in [0.25, 0.3) is 0 Å². The van der Waals surface area contributed by atoms with E-state index in [1.54, 1.807) is 0 Å². The highest BCUT2D eigenvalue weighted by Gasteiger charge is 2.22. The monoisotopic (exact) mass is 1130 g/mol. The Balaban J connectivity index is 4.09. The Hall–Kier alpha value is -4.05. The Morgan fingerprint density at radius 3 is 0.988 bits per heavy atom. The Morgan fingerprint density at radius 2 is 0.667 bits per heavy atom. The molecule has 0 saturated heterocycles. The van der Waals surface area contributed by atoms with Gasteiger partial charge in [0.1, 0.15) is 13.2 Å². The first-order valence-electron chi connectivity index (χ1n) is 33.0. The van der Waals surface area contributed by atoms with Crippen LogP contribution in [0.25, 0.3) is 0 Å². The van der Waals surface area contributed by atoms with Crippen molar-refractivity contribution in [3.63, 3.8) is 0 Å². The van der Waals surface area contributed by atoms with Crippen LogP contribution in [0.1, 0.15) is 271 Å². The molecule has 81 heavy (non-hydrogen) atoms. The molecule has 464 valence electrons. The molecule has 0 aromatic rings. The molecule has 0 radical (unpaired) electrons. The molecule has 0 aromatic carbocycles. The second-order valence-corrected chi connectivity index (χ2v) is 23.0. The normalized spacial score (nSPS) is 13.4. The van der Waals surface area contributed by atoms with Crippen LogP contribution in [0.2, 0.25) is 0 Å². The minimum absolute atomic E-state index is 0.140. The summed E-state index contributed by atoms with van der Waals surface area (Å²) in [6.07, 6.45) is 83.1. The summed E-state index contributed by atoms with van der Waals surface area (Å²) in [5.74, 6) is -2.31. The van der Waals surface area contributed by atoms with Crippen molar-refractivity contribution < 1.29 is 42.9 Å². The lowest BCUT2D eigenvalue weighted by molar-refractivity contribution is -0.870. The van der Waals surface area contributed by atoms with E-state index in [1.807, 2.05) is 21.1 Å². The summed E-state index contributed by atoms with van der Waals surface area (Å²) in [5.41, 5.74) is 0. The van der Waals surface area contributed by atoms with Crippen molar-refractivity contribution in [1.82, 2.24) is 0 Å². The van der Waals surface area contributed by atoms with E-state index >= 15 is 0 Å². The van der Waals surface area contributed by atoms with Gasteiger partial charge >= 0.3 is 11.9 Å². The summed E-state index contributed by atoms with van der Waals surface area (Å²) in [7, 11) is 5.92. The maximum atomic E-state index is 12.9. The first-order valence-corrected chi connectivity index (χ1v) is 33.0. The molecule has 0 aromatic heterocycles. The van der Waals surface area contributed by atoms with E-state index in [2.05, 4.69) is 123 Å². The number of hydrogen-bond donors (Lipinski definition) is 0. The third-order valence-electron chi connectivity index (χ3n) is 14.0. The SMILES string of the molecule is CC/C=C\C/C=C\C/C=C\C/C=C\C/C=C\CCCCCCCC(=O)OC(COC(=O)CCCCCCCCCCCCCCCCCCCCCCCC/C=C\C/C=C\C/C=C\C/C=C\CC)COC(OCC[N+](C)(C)C)C(=O)[O-]. The number of ether oxygens (including phenoxy) is 4. The lowest BCUT2D eigenvalue weighted by atomic mass is 10.0. The van der Waals surface area contributed by atoms with Crippen molar-refractivity contribution in [3.05, 3.63) is 109 Å². The zero-order valence-electron chi connectivity index (χ0n) is 52.9. The maximum absolute atomic E-state index is 12.9. The second kappa shape index (κ2) is 62.0. The average molecular weight is 1130 g/mol. The summed E-state index contributed by atoms with van der Waals surface area (Å²) in [6.45, 7) is 4.51. The fourth-order valence-electron chi connectivity index (χ4n) is 9.03. The molecule has 0 aliphatic rings. The first kappa shape index (κ1) is 77.0. The van der Waals surface area contributed by atoms with E-state index in [9.17, 15) is 19.5 Å². The Labute approximate surface area is 498 Å². The molecule has 0 amide bonds. The quantitative estimate of drug-likeness (QED) is 0.0195. The molecule has 0 spiro atoms. The average Bonchev–Trinajstić information content (AvgIpc) is 3.44. The van der Waals surface area contributed by atoms with Crippen LogP contribution in [0.15, 0.2) is 109 Å². The van der Waals surface area contributed by atoms with Crippen LogP contribution in [-0.4, -0.2) is 82.3 Å². The second-order valence-electron chi connectivity index (χ2n) is 23.0. The number of carbonyl (C=O) groups excluding carboxylic acids is 3. The van der Waals surface area contributed by atoms with E-state index in [-0.39, 0.29) is 38.6 Å². The predicted molar refractivity (Wildman–Crippen MR) is 343 cm³/mol. The van der Waals surface area contributed by atoms with E-state index in [0.717, 1.165) is 109 Å². The molecule has 0 heterocycles. The molecular weight excluding hydrogens is 1010 g/mol. The van der Waals surface area contributed by atoms with E-state index in [4.69, 9.17) is 18.9 Å². The van der Waals surface area contributed by atoms with Crippen LogP contribution >= 0.6 is 0 Å². The van der Waals surface area contributed by atoms with E-state index in [1.165, 1.54) is 128 Å². The number of esters is 2. The molecule has 2 unspecified atom stereocenters. The Morgan fingerprint density at radius 1 is 0.370 bits per heavy atom. The summed E-state index contributed by atoms with van der Waals surface area (Å²) >= 11 is 0. The van der Waals surface area contributed by atoms with Crippen LogP contribution in [-0.2, 0) is 33.3 Å². The number of hydrogen-bond acceptors (Lipinski definition) is 8. The highest BCUT2D eigenvalue weighted by Crippen LogP contribution is 2.17. The van der Waals surface area contributed by atoms with E-state index in [0.29, 0.717) is 17.4 Å². The largest absolute Gasteiger partial charge is 0.545 e. The number of unbranched alkanes of at least 4 members (excludes halogenated alkanes) is 27. The van der Waals surface area contributed by atoms with Gasteiger partial charge in [0.2, 0.25) is 0 Å². The molecular formula is C72H123NO8. The number of quaternary nitrogens is 1. The summed E-state index contributed by atoms with van der Waals surface area (Å²) in [5, 5.41) is 11.8. The lowest BCUT2D eigenvalue weighted by Crippen LogP contribution is -2.44. The standard InChI is InChI=1S/C72H123NO8/c1-6-8-10-12-14-16-18-20-22-24-26-28-29-30-31-32-33-34-35-36-37-38-39-40-41-43-44-46-48-50-52-54-56-58-60-62-69(74)79-66-68(67-80-72(71(76)77)78-65-64-73(3,4)5)81-70(75)63-61-59-57-55-53-51-49-47-45-42-27-25-23-21-19-17-15-13-11-9-7-2/h8-11,14-17,20-23,26-28,42,47,49,68,72H,6-7,12-13,18-19,24-25,29-41,43-46,48,50-67H2,1-5H3/b10-8-,11-9-,16-14-,17-15-,22-20-,23-21-,28-26-,42-27-,49-47-. The van der Waals surface area contributed by atoms with Gasteiger partial charge in [0, 0.05) is 12.8 Å². The molecule has 0 saturated carbocycles. The molecule has 0 rings (SSSR count). The number of aliphatic carboxylic acids is 1. The van der Waals surface area contributed by atoms with Crippen molar-refractivity contribution >= 4 is 17.9 Å². The number of carboxylic acid groups (broad SMARTS) is 1. The fraction of sp³-hybridized carbons (Fsp3) is 0.708. The van der Waals surface area contributed by atoms with Gasteiger partial charge in [-0.15, -0.1) is 0 Å². The van der Waals surface area contributed by atoms with Gasteiger partial charge in [0.05, 0.1) is 40.3 Å². The molecule has 0 aliphatic carbocycles. The molecule has 0 N–H and O–H groups in total. The van der Waals surface area contributed by atoms with Crippen molar-refractivity contribution in [2.45, 2.75) is 283 Å². The van der Waals surface area contributed by atoms with Crippen LogP contribution in [0.5, 0.6) is 0 Å². The van der Waals surface area contributed by atoms with Crippen molar-refractivity contribution in [2.24, 2.45) is 0 Å². The highest BCUT2D eigenvalue weighted by molar-refractivity contribution is 5.70. The lowest BCUT2D eigenvalue weighted by Gasteiger charge is -2.26. The molecule has 0 aliphatic heterocycles. The molecule has 0 fully saturated rings. The zero-order chi connectivity index (χ0) is 59.1. The molecule has 9 heteroatoms. The van der Waals surface area contributed by atoms with Gasteiger partial charge in [-0.25, -0.2) is 0 Å². The van der Waals surface area contributed by atoms with Gasteiger partial charge in [-0.1, -0.05) is 271 Å². The summed E-state index contributed by atoms with van der Waals surface area (Å²) < 4.78 is 22.7. The van der Waals surface area contributed by atoms with Crippen molar-refractivity contribution in [1.29, 1.82) is 0 Å². The van der Waals surface area contributed by atoms with Gasteiger partial charge in [-0.2, -0.15) is 0 Å². The number of allylic oxidation sites excluding steroid dienone is 18. The predicted octanol–water partition coefficient (Wildman–Crippen LogP) is 18.9. The molecule has 0 bridgehead atoms. The molecule has 2 atom stereocenters. The number of carboxylic acids is 1. The third kappa shape index (κ3) is 63.4. The summed E-state index contributed by atoms with van der Waals surface area (Å²) in [6, 6.07) is 0. The fourth-order valence-corrected chi connectivity index (χ4v) is 9.03. The van der Waals surface area contributed by atoms with E-state index < -0.39 is 24.3 Å². The Kier molecular flexibility index (Phi) is 58.9. The maximum Gasteiger partial charge on any atom is 0.306 e. The van der Waals surface area contributed by atoms with Gasteiger partial charge in [-0.3, -0.25) is 9.59 Å². The number of rotatable bonds is 60. The third-order valence-corrected chi connectivity index (χ3v) is 14.0. The van der Waals surface area contributed by atoms with Crippen molar-refractivity contribution in [2.75, 3.05) is 47.5 Å². The zero-order valence-corrected chi connectivity index (χ0v) is 52.9. The van der Waals surface area contributed by atoms with Crippen LogP contribution in [0.3, 0.4) is 0 Å². The highest BCUT2D eigenvalue weighted by atomic mass is 16.7. The minimum Gasteiger partial charge on any atom is -0.545 e. The topological polar surface area (TPSA) is 111 Å². The smallest absolute Gasteiger partial charge is 0.306 e. The van der Waals surface area contributed by atoms with Crippen LogP contribution in [0.4, 0.5) is 0 Å². The molecule has 9 nitrogen and oxygen atoms in total. The number of likely N-dealkylation sites (N-methyl/N-ethyl adjacent to an activating group) is 1. The Bertz CT molecular complexity index is 1700. The van der Waals surface area contributed by atoms with Gasteiger partial charge < -0.3 is 33.3 Å². The minimum atomic E-state index is -1.63.